The predicted molar refractivity (Wildman–Crippen MR) is 95.8 cm³/mol. The van der Waals surface area contributed by atoms with Gasteiger partial charge in [-0.05, 0) is 22.9 Å². The zero-order valence-corrected chi connectivity index (χ0v) is 12.1. The number of nitrogens with zero attached hydrogens (tertiary/aromatic N) is 1. The third-order valence-corrected chi connectivity index (χ3v) is 4.05. The van der Waals surface area contributed by atoms with Crippen molar-refractivity contribution in [2.75, 3.05) is 4.81 Å². The Kier molecular flexibility index (Phi) is 3.08. The van der Waals surface area contributed by atoms with Gasteiger partial charge in [0.2, 0.25) is 7.98 Å². The maximum atomic E-state index is 6.48. The third-order valence-electron chi connectivity index (χ3n) is 4.05. The summed E-state index contributed by atoms with van der Waals surface area (Å²) >= 11 is 0. The highest BCUT2D eigenvalue weighted by Gasteiger charge is 2.10. The number of benzene rings is 4. The largest absolute Gasteiger partial charge is 0.397 e. The van der Waals surface area contributed by atoms with Crippen LogP contribution in [-0.4, -0.2) is 7.98 Å². The molecule has 0 saturated carbocycles. The minimum Gasteiger partial charge on any atom is -0.397 e. The van der Waals surface area contributed by atoms with E-state index in [-0.39, 0.29) is 0 Å². The van der Waals surface area contributed by atoms with E-state index in [2.05, 4.69) is 48.5 Å². The first-order chi connectivity index (χ1) is 10.8. The van der Waals surface area contributed by atoms with Crippen LogP contribution in [0.2, 0.25) is 0 Å². The molecule has 2 radical (unpaired) electrons. The normalized spacial score (nSPS) is 10.9. The van der Waals surface area contributed by atoms with Gasteiger partial charge in [-0.25, -0.2) is 0 Å². The molecule has 0 aliphatic heterocycles. The molecule has 0 spiro atoms. The van der Waals surface area contributed by atoms with Gasteiger partial charge in [0.05, 0.1) is 0 Å². The fourth-order valence-electron chi connectivity index (χ4n) is 2.97. The summed E-state index contributed by atoms with van der Waals surface area (Å²) in [6.07, 6.45) is 0. The lowest BCUT2D eigenvalue weighted by atomic mass is 10.0. The van der Waals surface area contributed by atoms with Gasteiger partial charge in [0.1, 0.15) is 0 Å². The first-order valence-corrected chi connectivity index (χ1v) is 7.35. The van der Waals surface area contributed by atoms with Crippen molar-refractivity contribution in [2.24, 2.45) is 0 Å². The molecular formula is C20H14BN. The topological polar surface area (TPSA) is 3.24 Å². The zero-order chi connectivity index (χ0) is 14.9. The van der Waals surface area contributed by atoms with E-state index in [0.717, 1.165) is 22.1 Å². The lowest BCUT2D eigenvalue weighted by Gasteiger charge is -2.24. The summed E-state index contributed by atoms with van der Waals surface area (Å²) in [5.74, 6) is 0. The average molecular weight is 279 g/mol. The van der Waals surface area contributed by atoms with Gasteiger partial charge in [0.15, 0.2) is 0 Å². The van der Waals surface area contributed by atoms with Gasteiger partial charge >= 0.3 is 0 Å². The van der Waals surface area contributed by atoms with Crippen LogP contribution in [0.1, 0.15) is 0 Å². The molecule has 0 aliphatic carbocycles. The minimum atomic E-state index is 1.01. The first-order valence-electron chi connectivity index (χ1n) is 7.35. The Balaban J connectivity index is 1.94. The second-order valence-corrected chi connectivity index (χ2v) is 5.37. The standard InChI is InChI=1S/C20H14BN/c21-22(19-13-5-9-15-7-1-3-11-17(15)19)20-14-6-10-16-8-2-4-12-18(16)20/h1-14H. The fourth-order valence-corrected chi connectivity index (χ4v) is 2.97. The molecule has 0 fully saturated rings. The Bertz CT molecular complexity index is 872. The highest BCUT2D eigenvalue weighted by atomic mass is 15.0. The molecule has 4 rings (SSSR count). The van der Waals surface area contributed by atoms with Crippen LogP contribution in [0.25, 0.3) is 21.5 Å². The summed E-state index contributed by atoms with van der Waals surface area (Å²) < 4.78 is 0. The summed E-state index contributed by atoms with van der Waals surface area (Å²) in [5, 5.41) is 4.69. The molecule has 102 valence electrons. The summed E-state index contributed by atoms with van der Waals surface area (Å²) in [6.45, 7) is 0. The van der Waals surface area contributed by atoms with Crippen LogP contribution in [0.4, 0.5) is 11.4 Å². The van der Waals surface area contributed by atoms with E-state index in [1.165, 1.54) is 10.8 Å². The molecule has 4 aromatic carbocycles. The molecule has 22 heavy (non-hydrogen) atoms. The van der Waals surface area contributed by atoms with Crippen LogP contribution in [0.15, 0.2) is 84.9 Å². The Morgan fingerprint density at radius 3 is 1.41 bits per heavy atom. The molecule has 2 heteroatoms. The van der Waals surface area contributed by atoms with Gasteiger partial charge in [-0.15, -0.1) is 0 Å². The molecule has 0 aromatic heterocycles. The smallest absolute Gasteiger partial charge is 0.234 e. The van der Waals surface area contributed by atoms with E-state index in [1.807, 2.05) is 36.4 Å². The molecule has 0 saturated heterocycles. The lowest BCUT2D eigenvalue weighted by molar-refractivity contribution is 1.46. The van der Waals surface area contributed by atoms with Crippen LogP contribution in [0, 0.1) is 0 Å². The van der Waals surface area contributed by atoms with Crippen molar-refractivity contribution in [2.45, 2.75) is 0 Å². The molecular weight excluding hydrogens is 265 g/mol. The molecule has 0 amide bonds. The van der Waals surface area contributed by atoms with E-state index in [0.29, 0.717) is 0 Å². The van der Waals surface area contributed by atoms with Crippen molar-refractivity contribution in [3.8, 4) is 0 Å². The van der Waals surface area contributed by atoms with E-state index >= 15 is 0 Å². The molecule has 0 aliphatic rings. The average Bonchev–Trinajstić information content (AvgIpc) is 2.60. The fraction of sp³-hybridized carbons (Fsp3) is 0. The van der Waals surface area contributed by atoms with Crippen molar-refractivity contribution >= 4 is 40.9 Å². The van der Waals surface area contributed by atoms with Crippen LogP contribution >= 0.6 is 0 Å². The highest BCUT2D eigenvalue weighted by Crippen LogP contribution is 2.34. The van der Waals surface area contributed by atoms with Gasteiger partial charge in [-0.3, -0.25) is 0 Å². The van der Waals surface area contributed by atoms with Crippen LogP contribution < -0.4 is 4.81 Å². The summed E-state index contributed by atoms with van der Waals surface area (Å²) in [5.41, 5.74) is 2.02. The van der Waals surface area contributed by atoms with Gasteiger partial charge in [0, 0.05) is 22.1 Å². The van der Waals surface area contributed by atoms with E-state index in [9.17, 15) is 0 Å². The second-order valence-electron chi connectivity index (χ2n) is 5.37. The van der Waals surface area contributed by atoms with Gasteiger partial charge in [-0.2, -0.15) is 0 Å². The molecule has 1 nitrogen and oxygen atoms in total. The summed E-state index contributed by atoms with van der Waals surface area (Å²) in [4.78, 5) is 1.78. The van der Waals surface area contributed by atoms with Crippen molar-refractivity contribution in [1.29, 1.82) is 0 Å². The SMILES string of the molecule is [B]N(c1cccc2ccccc12)c1cccc2ccccc12. The summed E-state index contributed by atoms with van der Waals surface area (Å²) in [6, 6.07) is 29.0. The molecule has 0 N–H and O–H groups in total. The molecule has 0 bridgehead atoms. The molecule has 0 unspecified atom stereocenters. The van der Waals surface area contributed by atoms with Crippen molar-refractivity contribution < 1.29 is 0 Å². The van der Waals surface area contributed by atoms with Crippen LogP contribution in [0.3, 0.4) is 0 Å². The van der Waals surface area contributed by atoms with E-state index < -0.39 is 0 Å². The van der Waals surface area contributed by atoms with E-state index in [1.54, 1.807) is 4.81 Å². The number of anilines is 2. The predicted octanol–water partition coefficient (Wildman–Crippen LogP) is 5.21. The van der Waals surface area contributed by atoms with Crippen LogP contribution in [-0.2, 0) is 0 Å². The van der Waals surface area contributed by atoms with Gasteiger partial charge < -0.3 is 4.81 Å². The van der Waals surface area contributed by atoms with Crippen molar-refractivity contribution in [3.05, 3.63) is 84.9 Å². The quantitative estimate of drug-likeness (QED) is 0.455. The Morgan fingerprint density at radius 2 is 0.909 bits per heavy atom. The lowest BCUT2D eigenvalue weighted by Crippen LogP contribution is -2.12. The minimum absolute atomic E-state index is 1.01. The number of hydrogen-bond acceptors (Lipinski definition) is 1. The van der Waals surface area contributed by atoms with E-state index in [4.69, 9.17) is 7.98 Å². The van der Waals surface area contributed by atoms with Crippen molar-refractivity contribution in [3.63, 3.8) is 0 Å². The molecule has 0 atom stereocenters. The monoisotopic (exact) mass is 279 g/mol. The van der Waals surface area contributed by atoms with Gasteiger partial charge in [-0.1, -0.05) is 72.8 Å². The zero-order valence-electron chi connectivity index (χ0n) is 12.1. The van der Waals surface area contributed by atoms with Crippen LogP contribution in [0.5, 0.6) is 0 Å². The highest BCUT2D eigenvalue weighted by molar-refractivity contribution is 6.27. The molecule has 4 aromatic rings. The number of hydrogen-bond donors (Lipinski definition) is 0. The third kappa shape index (κ3) is 2.04. The Labute approximate surface area is 131 Å². The maximum Gasteiger partial charge on any atom is 0.234 e. The van der Waals surface area contributed by atoms with Crippen molar-refractivity contribution in [1.82, 2.24) is 0 Å². The van der Waals surface area contributed by atoms with Gasteiger partial charge in [0.25, 0.3) is 0 Å². The number of rotatable bonds is 2. The Hall–Kier alpha value is -2.74. The summed E-state index contributed by atoms with van der Waals surface area (Å²) in [7, 11) is 6.48. The Morgan fingerprint density at radius 1 is 0.500 bits per heavy atom. The second kappa shape index (κ2) is 5.23. The number of fused-ring (bicyclic) bond motifs is 2. The maximum absolute atomic E-state index is 6.48. The first kappa shape index (κ1) is 13.0. The molecule has 0 heterocycles.